The van der Waals surface area contributed by atoms with Gasteiger partial charge < -0.3 is 10.1 Å². The number of hydrogen-bond donors (Lipinski definition) is 1. The van der Waals surface area contributed by atoms with Gasteiger partial charge >= 0.3 is 0 Å². The summed E-state index contributed by atoms with van der Waals surface area (Å²) in [6.07, 6.45) is 2.97. The molecule has 0 aromatic heterocycles. The minimum Gasteiger partial charge on any atom is -0.385 e. The van der Waals surface area contributed by atoms with Crippen LogP contribution in [0, 0.1) is 0 Å². The summed E-state index contributed by atoms with van der Waals surface area (Å²) in [5, 5.41) is 4.80. The molecule has 0 saturated carbocycles. The number of rotatable bonds is 8. The molecule has 102 valence electrons. The molecule has 0 aliphatic rings. The number of hydrogen-bond acceptors (Lipinski definition) is 2. The van der Waals surface area contributed by atoms with Crippen LogP contribution in [-0.4, -0.2) is 26.3 Å². The van der Waals surface area contributed by atoms with Crippen molar-refractivity contribution < 1.29 is 4.74 Å². The molecule has 0 aliphatic heterocycles. The highest BCUT2D eigenvalue weighted by Gasteiger charge is 2.12. The molecule has 0 radical (unpaired) electrons. The Hall–Kier alpha value is -0.280. The molecular formula is C14H21Cl2NO. The van der Waals surface area contributed by atoms with E-state index in [2.05, 4.69) is 12.2 Å². The maximum Gasteiger partial charge on any atom is 0.0624 e. The maximum absolute atomic E-state index is 6.21. The predicted molar refractivity (Wildman–Crippen MR) is 78.7 cm³/mol. The molecular weight excluding hydrogens is 269 g/mol. The Labute approximate surface area is 120 Å². The van der Waals surface area contributed by atoms with E-state index in [-0.39, 0.29) is 0 Å². The molecule has 1 rings (SSSR count). The molecule has 4 heteroatoms. The molecule has 0 fully saturated rings. The van der Waals surface area contributed by atoms with Crippen molar-refractivity contribution in [1.82, 2.24) is 5.32 Å². The van der Waals surface area contributed by atoms with E-state index in [9.17, 15) is 0 Å². The third-order valence-electron chi connectivity index (χ3n) is 2.85. The fraction of sp³-hybridized carbons (Fsp3) is 0.571. The van der Waals surface area contributed by atoms with Crippen molar-refractivity contribution in [3.05, 3.63) is 33.8 Å². The summed E-state index contributed by atoms with van der Waals surface area (Å²) < 4.78 is 5.14. The van der Waals surface area contributed by atoms with E-state index < -0.39 is 0 Å². The van der Waals surface area contributed by atoms with Gasteiger partial charge in [0.25, 0.3) is 0 Å². The van der Waals surface area contributed by atoms with Crippen LogP contribution in [0.4, 0.5) is 0 Å². The summed E-state index contributed by atoms with van der Waals surface area (Å²) >= 11 is 12.2. The van der Waals surface area contributed by atoms with Gasteiger partial charge in [-0.2, -0.15) is 0 Å². The molecule has 18 heavy (non-hydrogen) atoms. The molecule has 1 N–H and O–H groups in total. The van der Waals surface area contributed by atoms with E-state index in [0.717, 1.165) is 38.0 Å². The van der Waals surface area contributed by atoms with Gasteiger partial charge in [-0.1, -0.05) is 42.3 Å². The lowest BCUT2D eigenvalue weighted by Crippen LogP contribution is -2.33. The van der Waals surface area contributed by atoms with Gasteiger partial charge in [0.05, 0.1) is 10.0 Å². The SMILES string of the molecule is CCCNC(CCOC)Cc1cccc(Cl)c1Cl. The molecule has 0 saturated heterocycles. The second-order valence-electron chi connectivity index (χ2n) is 4.35. The van der Waals surface area contributed by atoms with Crippen molar-refractivity contribution in [2.45, 2.75) is 32.2 Å². The third kappa shape index (κ3) is 5.15. The smallest absolute Gasteiger partial charge is 0.0624 e. The Kier molecular flexibility index (Phi) is 7.68. The Morgan fingerprint density at radius 2 is 2.11 bits per heavy atom. The molecule has 1 atom stereocenters. The first-order chi connectivity index (χ1) is 8.69. The first-order valence-corrected chi connectivity index (χ1v) is 7.09. The standard InChI is InChI=1S/C14H21Cl2NO/c1-3-8-17-12(7-9-18-2)10-11-5-4-6-13(15)14(11)16/h4-6,12,17H,3,7-10H2,1-2H3. The van der Waals surface area contributed by atoms with Crippen LogP contribution in [0.1, 0.15) is 25.3 Å². The average Bonchev–Trinajstić information content (AvgIpc) is 2.38. The summed E-state index contributed by atoms with van der Waals surface area (Å²) in [6.45, 7) is 3.92. The van der Waals surface area contributed by atoms with E-state index in [0.29, 0.717) is 16.1 Å². The van der Waals surface area contributed by atoms with Gasteiger partial charge in [0, 0.05) is 19.8 Å². The van der Waals surface area contributed by atoms with Crippen LogP contribution in [-0.2, 0) is 11.2 Å². The van der Waals surface area contributed by atoms with Crippen molar-refractivity contribution >= 4 is 23.2 Å². The highest BCUT2D eigenvalue weighted by atomic mass is 35.5. The molecule has 1 aromatic carbocycles. The molecule has 2 nitrogen and oxygen atoms in total. The van der Waals surface area contributed by atoms with Crippen LogP contribution in [0.5, 0.6) is 0 Å². The average molecular weight is 290 g/mol. The van der Waals surface area contributed by atoms with E-state index in [4.69, 9.17) is 27.9 Å². The van der Waals surface area contributed by atoms with Crippen molar-refractivity contribution in [2.75, 3.05) is 20.3 Å². The molecule has 0 amide bonds. The van der Waals surface area contributed by atoms with Gasteiger partial charge in [-0.15, -0.1) is 0 Å². The van der Waals surface area contributed by atoms with Crippen molar-refractivity contribution in [2.24, 2.45) is 0 Å². The highest BCUT2D eigenvalue weighted by molar-refractivity contribution is 6.42. The van der Waals surface area contributed by atoms with Crippen LogP contribution in [0.15, 0.2) is 18.2 Å². The summed E-state index contributed by atoms with van der Waals surface area (Å²) in [7, 11) is 1.73. The highest BCUT2D eigenvalue weighted by Crippen LogP contribution is 2.26. The molecule has 0 bridgehead atoms. The van der Waals surface area contributed by atoms with E-state index in [1.807, 2.05) is 18.2 Å². The van der Waals surface area contributed by atoms with Crippen LogP contribution in [0.3, 0.4) is 0 Å². The van der Waals surface area contributed by atoms with Gasteiger partial charge in [0.15, 0.2) is 0 Å². The quantitative estimate of drug-likeness (QED) is 0.783. The Balaban J connectivity index is 2.65. The van der Waals surface area contributed by atoms with Crippen LogP contribution >= 0.6 is 23.2 Å². The number of ether oxygens (including phenoxy) is 1. The van der Waals surface area contributed by atoms with Crippen LogP contribution in [0.2, 0.25) is 10.0 Å². The Morgan fingerprint density at radius 3 is 2.78 bits per heavy atom. The summed E-state index contributed by atoms with van der Waals surface area (Å²) in [5.74, 6) is 0. The molecule has 1 aromatic rings. The molecule has 1 unspecified atom stereocenters. The monoisotopic (exact) mass is 289 g/mol. The van der Waals surface area contributed by atoms with Crippen LogP contribution in [0.25, 0.3) is 0 Å². The lowest BCUT2D eigenvalue weighted by Gasteiger charge is -2.19. The summed E-state index contributed by atoms with van der Waals surface area (Å²) in [4.78, 5) is 0. The van der Waals surface area contributed by atoms with Crippen LogP contribution < -0.4 is 5.32 Å². The minimum absolute atomic E-state index is 0.376. The number of nitrogens with one attached hydrogen (secondary N) is 1. The van der Waals surface area contributed by atoms with Gasteiger partial charge in [-0.05, 0) is 37.4 Å². The Morgan fingerprint density at radius 1 is 1.33 bits per heavy atom. The molecule has 0 heterocycles. The van der Waals surface area contributed by atoms with E-state index >= 15 is 0 Å². The topological polar surface area (TPSA) is 21.3 Å². The summed E-state index contributed by atoms with van der Waals surface area (Å²) in [5.41, 5.74) is 1.09. The minimum atomic E-state index is 0.376. The van der Waals surface area contributed by atoms with Crippen molar-refractivity contribution in [3.8, 4) is 0 Å². The second kappa shape index (κ2) is 8.76. The van der Waals surface area contributed by atoms with Crippen molar-refractivity contribution in [1.29, 1.82) is 0 Å². The number of halogens is 2. The second-order valence-corrected chi connectivity index (χ2v) is 5.13. The fourth-order valence-electron chi connectivity index (χ4n) is 1.86. The zero-order valence-corrected chi connectivity index (χ0v) is 12.5. The van der Waals surface area contributed by atoms with Gasteiger partial charge in [0.2, 0.25) is 0 Å². The normalized spacial score (nSPS) is 12.7. The molecule has 0 aliphatic carbocycles. The number of benzene rings is 1. The molecule has 0 spiro atoms. The summed E-state index contributed by atoms with van der Waals surface area (Å²) in [6, 6.07) is 6.16. The largest absolute Gasteiger partial charge is 0.385 e. The predicted octanol–water partition coefficient (Wildman–Crippen LogP) is 3.94. The maximum atomic E-state index is 6.21. The van der Waals surface area contributed by atoms with Gasteiger partial charge in [-0.3, -0.25) is 0 Å². The van der Waals surface area contributed by atoms with E-state index in [1.54, 1.807) is 7.11 Å². The first-order valence-electron chi connectivity index (χ1n) is 6.34. The number of methoxy groups -OCH3 is 1. The lowest BCUT2D eigenvalue weighted by molar-refractivity contribution is 0.182. The third-order valence-corrected chi connectivity index (χ3v) is 3.71. The van der Waals surface area contributed by atoms with Crippen molar-refractivity contribution in [3.63, 3.8) is 0 Å². The first kappa shape index (κ1) is 15.8. The Bertz CT molecular complexity index is 350. The zero-order chi connectivity index (χ0) is 13.4. The fourth-order valence-corrected chi connectivity index (χ4v) is 2.25. The van der Waals surface area contributed by atoms with Gasteiger partial charge in [-0.25, -0.2) is 0 Å². The zero-order valence-electron chi connectivity index (χ0n) is 11.0. The van der Waals surface area contributed by atoms with Gasteiger partial charge in [0.1, 0.15) is 0 Å². The van der Waals surface area contributed by atoms with E-state index in [1.165, 1.54) is 0 Å². The lowest BCUT2D eigenvalue weighted by atomic mass is 10.0.